The Morgan fingerprint density at radius 2 is 1.71 bits per heavy atom. The minimum absolute atomic E-state index is 0.239. The van der Waals surface area contributed by atoms with E-state index in [0.29, 0.717) is 11.3 Å². The molecule has 0 aliphatic carbocycles. The molecule has 1 amide bonds. The van der Waals surface area contributed by atoms with Crippen molar-refractivity contribution in [2.75, 3.05) is 0 Å². The molecule has 1 unspecified atom stereocenters. The Morgan fingerprint density at radius 1 is 1.07 bits per heavy atom. The van der Waals surface area contributed by atoms with Crippen molar-refractivity contribution in [3.63, 3.8) is 0 Å². The SMILES string of the molecule is CC(=O)N=c1sccn1CC(O)c1ccc2ccccc2c1.O=C(O)C(=O)O. The number of aliphatic hydroxyl groups is 1. The van der Waals surface area contributed by atoms with Crippen LogP contribution in [0.3, 0.4) is 0 Å². The third-order valence-corrected chi connectivity index (χ3v) is 4.42. The molecule has 0 radical (unpaired) electrons. The number of hydrogen-bond acceptors (Lipinski definition) is 5. The van der Waals surface area contributed by atoms with Crippen LogP contribution < -0.4 is 4.80 Å². The molecule has 0 fully saturated rings. The lowest BCUT2D eigenvalue weighted by atomic mass is 10.0. The van der Waals surface area contributed by atoms with E-state index in [1.54, 1.807) is 4.57 Å². The third-order valence-electron chi connectivity index (χ3n) is 3.62. The number of aromatic nitrogens is 1. The monoisotopic (exact) mass is 402 g/mol. The maximum absolute atomic E-state index is 11.1. The van der Waals surface area contributed by atoms with Gasteiger partial charge in [-0.05, 0) is 22.4 Å². The second kappa shape index (κ2) is 9.58. The number of carboxylic acids is 2. The number of hydrogen-bond donors (Lipinski definition) is 3. The number of carboxylic acid groups (broad SMARTS) is 2. The molecule has 3 N–H and O–H groups in total. The van der Waals surface area contributed by atoms with Crippen LogP contribution in [0.25, 0.3) is 10.8 Å². The first-order chi connectivity index (χ1) is 13.3. The number of benzene rings is 2. The van der Waals surface area contributed by atoms with Crippen molar-refractivity contribution in [1.29, 1.82) is 0 Å². The summed E-state index contributed by atoms with van der Waals surface area (Å²) in [6, 6.07) is 14.0. The van der Waals surface area contributed by atoms with Crippen LogP contribution in [0.4, 0.5) is 0 Å². The second-order valence-electron chi connectivity index (χ2n) is 5.70. The normalized spacial score (nSPS) is 12.1. The predicted molar refractivity (Wildman–Crippen MR) is 103 cm³/mol. The van der Waals surface area contributed by atoms with E-state index >= 15 is 0 Å². The highest BCUT2D eigenvalue weighted by molar-refractivity contribution is 7.07. The fourth-order valence-corrected chi connectivity index (χ4v) is 3.15. The van der Waals surface area contributed by atoms with Crippen molar-refractivity contribution >= 4 is 40.0 Å². The topological polar surface area (TPSA) is 129 Å². The molecule has 146 valence electrons. The van der Waals surface area contributed by atoms with Gasteiger partial charge in [-0.25, -0.2) is 9.59 Å². The van der Waals surface area contributed by atoms with E-state index in [2.05, 4.69) is 4.99 Å². The van der Waals surface area contributed by atoms with Gasteiger partial charge >= 0.3 is 11.9 Å². The molecule has 0 bridgehead atoms. The van der Waals surface area contributed by atoms with E-state index in [4.69, 9.17) is 19.8 Å². The molecule has 2 aromatic carbocycles. The molecule has 28 heavy (non-hydrogen) atoms. The fourth-order valence-electron chi connectivity index (χ4n) is 2.37. The average molecular weight is 402 g/mol. The molecule has 8 nitrogen and oxygen atoms in total. The van der Waals surface area contributed by atoms with E-state index in [0.717, 1.165) is 16.3 Å². The average Bonchev–Trinajstić information content (AvgIpc) is 3.07. The highest BCUT2D eigenvalue weighted by Crippen LogP contribution is 2.21. The van der Waals surface area contributed by atoms with Gasteiger partial charge in [0.25, 0.3) is 0 Å². The van der Waals surface area contributed by atoms with E-state index in [1.165, 1.54) is 18.3 Å². The van der Waals surface area contributed by atoms with E-state index in [1.807, 2.05) is 54.0 Å². The van der Waals surface area contributed by atoms with Gasteiger partial charge in [-0.3, -0.25) is 4.79 Å². The zero-order valence-corrected chi connectivity index (χ0v) is 15.7. The minimum Gasteiger partial charge on any atom is -0.473 e. The van der Waals surface area contributed by atoms with Crippen LogP contribution in [0.5, 0.6) is 0 Å². The van der Waals surface area contributed by atoms with Crippen LogP contribution in [0.15, 0.2) is 59.0 Å². The summed E-state index contributed by atoms with van der Waals surface area (Å²) in [5.41, 5.74) is 0.853. The van der Waals surface area contributed by atoms with E-state index in [-0.39, 0.29) is 5.91 Å². The van der Waals surface area contributed by atoms with Crippen LogP contribution in [0, 0.1) is 0 Å². The molecule has 0 spiro atoms. The van der Waals surface area contributed by atoms with Crippen molar-refractivity contribution in [2.24, 2.45) is 4.99 Å². The molecule has 0 saturated carbocycles. The van der Waals surface area contributed by atoms with Gasteiger partial charge in [0.1, 0.15) is 0 Å². The first-order valence-corrected chi connectivity index (χ1v) is 8.98. The van der Waals surface area contributed by atoms with Gasteiger partial charge in [-0.2, -0.15) is 4.99 Å². The number of thiazole rings is 1. The first-order valence-electron chi connectivity index (χ1n) is 8.10. The summed E-state index contributed by atoms with van der Waals surface area (Å²) in [5.74, 6) is -3.89. The number of rotatable bonds is 3. The van der Waals surface area contributed by atoms with Gasteiger partial charge in [0.2, 0.25) is 5.91 Å². The molecular formula is C19H18N2O6S. The fraction of sp³-hybridized carbons (Fsp3) is 0.158. The number of aliphatic hydroxyl groups excluding tert-OH is 1. The summed E-state index contributed by atoms with van der Waals surface area (Å²) in [4.78, 5) is 33.9. The van der Waals surface area contributed by atoms with E-state index in [9.17, 15) is 9.90 Å². The summed E-state index contributed by atoms with van der Waals surface area (Å²) in [6.07, 6.45) is 1.18. The molecule has 1 heterocycles. The van der Waals surface area contributed by atoms with Crippen molar-refractivity contribution in [3.8, 4) is 0 Å². The predicted octanol–water partition coefficient (Wildman–Crippen LogP) is 2.04. The summed E-state index contributed by atoms with van der Waals surface area (Å²) < 4.78 is 1.80. The summed E-state index contributed by atoms with van der Waals surface area (Å²) >= 11 is 1.38. The number of carbonyl (C=O) groups is 3. The molecular weight excluding hydrogens is 384 g/mol. The maximum atomic E-state index is 11.1. The van der Waals surface area contributed by atoms with Crippen molar-refractivity contribution in [2.45, 2.75) is 19.6 Å². The van der Waals surface area contributed by atoms with Crippen LogP contribution >= 0.6 is 11.3 Å². The highest BCUT2D eigenvalue weighted by Gasteiger charge is 2.10. The largest absolute Gasteiger partial charge is 0.473 e. The molecule has 0 aliphatic rings. The number of nitrogens with zero attached hydrogens (tertiary/aromatic N) is 2. The minimum atomic E-state index is -1.82. The van der Waals surface area contributed by atoms with Gasteiger partial charge in [-0.15, -0.1) is 11.3 Å². The van der Waals surface area contributed by atoms with Crippen molar-refractivity contribution in [1.82, 2.24) is 4.57 Å². The van der Waals surface area contributed by atoms with Crippen LogP contribution in [0.1, 0.15) is 18.6 Å². The quantitative estimate of drug-likeness (QED) is 0.575. The summed E-state index contributed by atoms with van der Waals surface area (Å²) in [7, 11) is 0. The number of fused-ring (bicyclic) bond motifs is 1. The van der Waals surface area contributed by atoms with Gasteiger partial charge < -0.3 is 19.9 Å². The Labute approximate surface area is 163 Å². The molecule has 0 aliphatic heterocycles. The lowest BCUT2D eigenvalue weighted by Crippen LogP contribution is -2.19. The van der Waals surface area contributed by atoms with Gasteiger partial charge in [-0.1, -0.05) is 36.4 Å². The number of aliphatic carboxylic acids is 2. The van der Waals surface area contributed by atoms with E-state index < -0.39 is 18.0 Å². The van der Waals surface area contributed by atoms with Gasteiger partial charge in [0, 0.05) is 18.5 Å². The lowest BCUT2D eigenvalue weighted by molar-refractivity contribution is -0.159. The summed E-state index contributed by atoms with van der Waals surface area (Å²) in [5, 5.41) is 29.4. The molecule has 1 atom stereocenters. The third kappa shape index (κ3) is 5.86. The Bertz CT molecular complexity index is 1060. The van der Waals surface area contributed by atoms with Crippen molar-refractivity contribution < 1.29 is 29.7 Å². The smallest absolute Gasteiger partial charge is 0.414 e. The molecule has 9 heteroatoms. The van der Waals surface area contributed by atoms with Crippen LogP contribution in [-0.2, 0) is 20.9 Å². The molecule has 3 rings (SSSR count). The Balaban J connectivity index is 0.000000409. The lowest BCUT2D eigenvalue weighted by Gasteiger charge is -2.13. The molecule has 3 aromatic rings. The van der Waals surface area contributed by atoms with Crippen molar-refractivity contribution in [3.05, 3.63) is 64.4 Å². The van der Waals surface area contributed by atoms with Gasteiger partial charge in [0.05, 0.1) is 12.6 Å². The standard InChI is InChI=1S/C17H16N2O2S.C2H2O4/c1-12(20)18-17-19(8-9-22-17)11-16(21)15-7-6-13-4-2-3-5-14(13)10-15;3-1(4)2(5)6/h2-10,16,21H,11H2,1H3;(H,3,4)(H,5,6). The zero-order chi connectivity index (χ0) is 20.7. The Hall–Kier alpha value is -3.30. The second-order valence-corrected chi connectivity index (χ2v) is 6.57. The van der Waals surface area contributed by atoms with Gasteiger partial charge in [0.15, 0.2) is 4.80 Å². The van der Waals surface area contributed by atoms with Crippen LogP contribution in [0.2, 0.25) is 0 Å². The van der Waals surface area contributed by atoms with Crippen LogP contribution in [-0.4, -0.2) is 37.7 Å². The molecule has 0 saturated heterocycles. The Morgan fingerprint density at radius 3 is 2.32 bits per heavy atom. The first kappa shape index (κ1) is 21.0. The summed E-state index contributed by atoms with van der Waals surface area (Å²) in [6.45, 7) is 1.79. The number of carbonyl (C=O) groups excluding carboxylic acids is 1. The highest BCUT2D eigenvalue weighted by atomic mass is 32.1. The maximum Gasteiger partial charge on any atom is 0.414 e. The Kier molecular flexibility index (Phi) is 7.19. The zero-order valence-electron chi connectivity index (χ0n) is 14.8. The molecule has 1 aromatic heterocycles. The number of amides is 1.